The molecule has 0 aliphatic heterocycles. The van der Waals surface area contributed by atoms with Crippen LogP contribution in [-0.4, -0.2) is 15.3 Å². The van der Waals surface area contributed by atoms with Crippen LogP contribution in [0.1, 0.15) is 38.3 Å². The number of carbonyl (C=O) groups excluding carboxylic acids is 1. The number of unbranched alkanes of at least 4 members (excludes halogenated alkanes) is 2. The first kappa shape index (κ1) is 16.1. The van der Waals surface area contributed by atoms with Gasteiger partial charge in [-0.05, 0) is 25.5 Å². The van der Waals surface area contributed by atoms with Crippen molar-refractivity contribution in [3.63, 3.8) is 0 Å². The highest BCUT2D eigenvalue weighted by Gasteiger charge is 2.17. The van der Waals surface area contributed by atoms with Gasteiger partial charge in [0, 0.05) is 13.5 Å². The van der Waals surface area contributed by atoms with Crippen molar-refractivity contribution < 1.29 is 4.79 Å². The molecule has 1 aromatic carbocycles. The van der Waals surface area contributed by atoms with E-state index in [1.54, 1.807) is 9.36 Å². The number of hydrogen-bond acceptors (Lipinski definition) is 2. The zero-order chi connectivity index (χ0) is 16.1. The summed E-state index contributed by atoms with van der Waals surface area (Å²) in [6, 6.07) is 9.41. The lowest BCUT2D eigenvalue weighted by atomic mass is 10.2. The first-order valence-corrected chi connectivity index (χ1v) is 7.70. The van der Waals surface area contributed by atoms with Crippen LogP contribution >= 0.6 is 0 Å². The fourth-order valence-electron chi connectivity index (χ4n) is 2.45. The first-order chi connectivity index (χ1) is 10.6. The van der Waals surface area contributed by atoms with Crippen LogP contribution in [0.4, 0.5) is 5.69 Å². The van der Waals surface area contributed by atoms with Crippen molar-refractivity contribution in [2.45, 2.75) is 39.5 Å². The summed E-state index contributed by atoms with van der Waals surface area (Å²) in [5, 5.41) is 2.78. The van der Waals surface area contributed by atoms with Crippen LogP contribution in [0, 0.1) is 6.92 Å². The number of para-hydroxylation sites is 1. The molecule has 0 unspecified atom stereocenters. The van der Waals surface area contributed by atoms with E-state index in [-0.39, 0.29) is 11.5 Å². The first-order valence-electron chi connectivity index (χ1n) is 7.70. The van der Waals surface area contributed by atoms with Crippen molar-refractivity contribution in [2.24, 2.45) is 7.05 Å². The number of amides is 1. The van der Waals surface area contributed by atoms with Crippen molar-refractivity contribution in [1.29, 1.82) is 0 Å². The van der Waals surface area contributed by atoms with Crippen molar-refractivity contribution in [3.05, 3.63) is 46.4 Å². The van der Waals surface area contributed by atoms with Gasteiger partial charge < -0.3 is 5.32 Å². The van der Waals surface area contributed by atoms with Gasteiger partial charge in [0.2, 0.25) is 5.91 Å². The Morgan fingerprint density at radius 2 is 1.86 bits per heavy atom. The zero-order valence-electron chi connectivity index (χ0n) is 13.4. The lowest BCUT2D eigenvalue weighted by molar-refractivity contribution is -0.116. The molecule has 0 spiro atoms. The molecule has 1 N–H and O–H groups in total. The van der Waals surface area contributed by atoms with Crippen LogP contribution in [0.25, 0.3) is 5.69 Å². The van der Waals surface area contributed by atoms with E-state index in [4.69, 9.17) is 0 Å². The maximum atomic E-state index is 12.6. The molecule has 5 heteroatoms. The lowest BCUT2D eigenvalue weighted by Crippen LogP contribution is -2.22. The highest BCUT2D eigenvalue weighted by molar-refractivity contribution is 5.91. The molecule has 0 aliphatic rings. The normalized spacial score (nSPS) is 10.7. The minimum absolute atomic E-state index is 0.0977. The SMILES string of the molecule is CCCCCC(=O)Nc1c(C)n(C)n(-c2ccccc2)c1=O. The summed E-state index contributed by atoms with van der Waals surface area (Å²) in [6.45, 7) is 3.93. The Bertz CT molecular complexity index is 699. The Balaban J connectivity index is 2.27. The molecule has 22 heavy (non-hydrogen) atoms. The van der Waals surface area contributed by atoms with E-state index in [1.807, 2.05) is 44.3 Å². The molecular formula is C17H23N3O2. The van der Waals surface area contributed by atoms with Crippen LogP contribution in [-0.2, 0) is 11.8 Å². The molecule has 5 nitrogen and oxygen atoms in total. The third-order valence-corrected chi connectivity index (χ3v) is 3.83. The highest BCUT2D eigenvalue weighted by atomic mass is 16.2. The number of nitrogens with one attached hydrogen (secondary N) is 1. The molecule has 118 valence electrons. The average molecular weight is 301 g/mol. The second kappa shape index (κ2) is 7.11. The summed E-state index contributed by atoms with van der Waals surface area (Å²) >= 11 is 0. The van der Waals surface area contributed by atoms with E-state index in [0.717, 1.165) is 30.6 Å². The molecule has 0 atom stereocenters. The molecule has 0 bridgehead atoms. The van der Waals surface area contributed by atoms with Crippen LogP contribution in [0.3, 0.4) is 0 Å². The van der Waals surface area contributed by atoms with E-state index in [9.17, 15) is 9.59 Å². The van der Waals surface area contributed by atoms with Crippen molar-refractivity contribution in [2.75, 3.05) is 5.32 Å². The maximum absolute atomic E-state index is 12.6. The molecule has 1 aromatic heterocycles. The predicted molar refractivity (Wildman–Crippen MR) is 88.5 cm³/mol. The molecule has 0 saturated carbocycles. The van der Waals surface area contributed by atoms with E-state index < -0.39 is 0 Å². The smallest absolute Gasteiger partial charge is 0.295 e. The molecule has 2 rings (SSSR count). The molecule has 2 aromatic rings. The minimum atomic E-state index is -0.199. The Morgan fingerprint density at radius 3 is 2.50 bits per heavy atom. The summed E-state index contributed by atoms with van der Waals surface area (Å²) in [7, 11) is 1.82. The molecule has 0 saturated heterocycles. The van der Waals surface area contributed by atoms with Gasteiger partial charge in [-0.25, -0.2) is 4.68 Å². The van der Waals surface area contributed by atoms with Gasteiger partial charge in [0.25, 0.3) is 5.56 Å². The fraction of sp³-hybridized carbons (Fsp3) is 0.412. The Morgan fingerprint density at radius 1 is 1.18 bits per heavy atom. The molecule has 0 fully saturated rings. The van der Waals surface area contributed by atoms with Crippen LogP contribution in [0.2, 0.25) is 0 Å². The number of nitrogens with zero attached hydrogens (tertiary/aromatic N) is 2. The fourth-order valence-corrected chi connectivity index (χ4v) is 2.45. The van der Waals surface area contributed by atoms with E-state index in [0.29, 0.717) is 12.1 Å². The monoisotopic (exact) mass is 301 g/mol. The predicted octanol–water partition coefficient (Wildman–Crippen LogP) is 3.00. The molecular weight excluding hydrogens is 278 g/mol. The van der Waals surface area contributed by atoms with E-state index in [1.165, 1.54) is 0 Å². The summed E-state index contributed by atoms with van der Waals surface area (Å²) in [4.78, 5) is 24.6. The summed E-state index contributed by atoms with van der Waals surface area (Å²) in [5.74, 6) is -0.0977. The van der Waals surface area contributed by atoms with Crippen LogP contribution < -0.4 is 10.9 Å². The number of carbonyl (C=O) groups is 1. The number of rotatable bonds is 6. The molecule has 1 amide bonds. The molecule has 1 heterocycles. The maximum Gasteiger partial charge on any atom is 0.295 e. The Kier molecular flexibility index (Phi) is 5.20. The topological polar surface area (TPSA) is 56.0 Å². The van der Waals surface area contributed by atoms with Gasteiger partial charge in [-0.2, -0.15) is 0 Å². The number of hydrogen-bond donors (Lipinski definition) is 1. The van der Waals surface area contributed by atoms with Gasteiger partial charge in [0.1, 0.15) is 5.69 Å². The minimum Gasteiger partial charge on any atom is -0.320 e. The van der Waals surface area contributed by atoms with Gasteiger partial charge in [0.05, 0.1) is 11.4 Å². The Labute approximate surface area is 130 Å². The van der Waals surface area contributed by atoms with Gasteiger partial charge in [-0.1, -0.05) is 38.0 Å². The number of aromatic nitrogens is 2. The third kappa shape index (κ3) is 3.30. The summed E-state index contributed by atoms with van der Waals surface area (Å²) in [6.07, 6.45) is 3.39. The molecule has 0 radical (unpaired) electrons. The Hall–Kier alpha value is -2.30. The van der Waals surface area contributed by atoms with Gasteiger partial charge >= 0.3 is 0 Å². The summed E-state index contributed by atoms with van der Waals surface area (Å²) < 4.78 is 3.33. The van der Waals surface area contributed by atoms with Crippen LogP contribution in [0.15, 0.2) is 35.1 Å². The lowest BCUT2D eigenvalue weighted by Gasteiger charge is -2.07. The largest absolute Gasteiger partial charge is 0.320 e. The number of anilines is 1. The third-order valence-electron chi connectivity index (χ3n) is 3.83. The molecule has 0 aliphatic carbocycles. The van der Waals surface area contributed by atoms with E-state index in [2.05, 4.69) is 12.2 Å². The van der Waals surface area contributed by atoms with Crippen molar-refractivity contribution in [3.8, 4) is 5.69 Å². The number of benzene rings is 1. The quantitative estimate of drug-likeness (QED) is 0.834. The van der Waals surface area contributed by atoms with Crippen molar-refractivity contribution >= 4 is 11.6 Å². The standard InChI is InChI=1S/C17H23N3O2/c1-4-5-7-12-15(21)18-16-13(2)19(3)20(17(16)22)14-10-8-6-9-11-14/h6,8-11H,4-5,7,12H2,1-3H3,(H,18,21). The second-order valence-corrected chi connectivity index (χ2v) is 5.44. The average Bonchev–Trinajstić information content (AvgIpc) is 2.72. The van der Waals surface area contributed by atoms with E-state index >= 15 is 0 Å². The van der Waals surface area contributed by atoms with Gasteiger partial charge in [-0.3, -0.25) is 14.3 Å². The van der Waals surface area contributed by atoms with Crippen LogP contribution in [0.5, 0.6) is 0 Å². The summed E-state index contributed by atoms with van der Waals surface area (Å²) in [5.41, 5.74) is 1.70. The van der Waals surface area contributed by atoms with Gasteiger partial charge in [0.15, 0.2) is 0 Å². The zero-order valence-corrected chi connectivity index (χ0v) is 13.4. The highest BCUT2D eigenvalue weighted by Crippen LogP contribution is 2.14. The second-order valence-electron chi connectivity index (χ2n) is 5.44. The van der Waals surface area contributed by atoms with Gasteiger partial charge in [-0.15, -0.1) is 0 Å². The van der Waals surface area contributed by atoms with Crippen molar-refractivity contribution in [1.82, 2.24) is 9.36 Å².